The molecule has 1 rings (SSSR count). The van der Waals surface area contributed by atoms with Gasteiger partial charge in [-0.1, -0.05) is 6.42 Å². The normalized spacial score (nSPS) is 13.8. The Hall–Kier alpha value is -1.07. The monoisotopic (exact) mass is 299 g/mol. The molecule has 0 heterocycles. The van der Waals surface area contributed by atoms with Gasteiger partial charge in [-0.15, -0.1) is 11.8 Å². The molecule has 1 aromatic rings. The fourth-order valence-electron chi connectivity index (χ4n) is 1.86. The Morgan fingerprint density at radius 3 is 2.55 bits per heavy atom. The van der Waals surface area contributed by atoms with E-state index in [2.05, 4.69) is 5.32 Å². The molecule has 0 spiro atoms. The summed E-state index contributed by atoms with van der Waals surface area (Å²) in [6, 6.07) is 6.51. The molecule has 20 heavy (non-hydrogen) atoms. The van der Waals surface area contributed by atoms with Crippen LogP contribution in [-0.2, 0) is 9.53 Å². The van der Waals surface area contributed by atoms with Gasteiger partial charge in [-0.2, -0.15) is 0 Å². The van der Waals surface area contributed by atoms with E-state index >= 15 is 0 Å². The first kappa shape index (κ1) is 17.0. The summed E-state index contributed by atoms with van der Waals surface area (Å²) in [6.45, 7) is 1.85. The zero-order valence-electron chi connectivity index (χ0n) is 12.2. The molecule has 1 unspecified atom stereocenters. The van der Waals surface area contributed by atoms with Gasteiger partial charge in [0.25, 0.3) is 0 Å². The smallest absolute Gasteiger partial charge is 0.325 e. The number of hydrogen-bond acceptors (Lipinski definition) is 4. The molecule has 0 saturated carbocycles. The van der Waals surface area contributed by atoms with Crippen molar-refractivity contribution < 1.29 is 13.9 Å². The van der Waals surface area contributed by atoms with Crippen LogP contribution in [0.15, 0.2) is 29.2 Å². The fourth-order valence-corrected chi connectivity index (χ4v) is 2.77. The van der Waals surface area contributed by atoms with Crippen LogP contribution >= 0.6 is 11.8 Å². The third-order valence-electron chi connectivity index (χ3n) is 3.34. The lowest BCUT2D eigenvalue weighted by atomic mass is 9.95. The van der Waals surface area contributed by atoms with Crippen LogP contribution in [0.5, 0.6) is 0 Å². The molecule has 0 aliphatic carbocycles. The van der Waals surface area contributed by atoms with Gasteiger partial charge in [0.05, 0.1) is 7.11 Å². The Morgan fingerprint density at radius 1 is 1.35 bits per heavy atom. The second-order valence-electron chi connectivity index (χ2n) is 4.83. The third-order valence-corrected chi connectivity index (χ3v) is 4.44. The van der Waals surface area contributed by atoms with Gasteiger partial charge in [0, 0.05) is 4.90 Å². The second-order valence-corrected chi connectivity index (χ2v) is 6.00. The van der Waals surface area contributed by atoms with E-state index in [4.69, 9.17) is 4.74 Å². The quantitative estimate of drug-likeness (QED) is 0.454. The Balaban J connectivity index is 2.27. The van der Waals surface area contributed by atoms with Gasteiger partial charge in [-0.05, 0) is 56.8 Å². The SMILES string of the molecule is CNC(C)(CCCCSc1ccc(F)cc1)C(=O)OC. The zero-order valence-corrected chi connectivity index (χ0v) is 13.1. The van der Waals surface area contributed by atoms with Gasteiger partial charge in [0.1, 0.15) is 11.4 Å². The Kier molecular flexibility index (Phi) is 7.02. The predicted molar refractivity (Wildman–Crippen MR) is 80.5 cm³/mol. The minimum Gasteiger partial charge on any atom is -0.468 e. The number of carbonyl (C=O) groups is 1. The first-order chi connectivity index (χ1) is 9.51. The summed E-state index contributed by atoms with van der Waals surface area (Å²) < 4.78 is 17.6. The number of unbranched alkanes of at least 4 members (excludes halogenated alkanes) is 1. The number of likely N-dealkylation sites (N-methyl/N-ethyl adjacent to an activating group) is 1. The lowest BCUT2D eigenvalue weighted by molar-refractivity contribution is -0.148. The van der Waals surface area contributed by atoms with Gasteiger partial charge < -0.3 is 10.1 Å². The van der Waals surface area contributed by atoms with Crippen molar-refractivity contribution >= 4 is 17.7 Å². The van der Waals surface area contributed by atoms with E-state index in [0.717, 1.165) is 29.9 Å². The summed E-state index contributed by atoms with van der Waals surface area (Å²) in [6.07, 6.45) is 2.66. The van der Waals surface area contributed by atoms with Crippen LogP contribution in [0.25, 0.3) is 0 Å². The van der Waals surface area contributed by atoms with Crippen molar-refractivity contribution in [1.29, 1.82) is 0 Å². The summed E-state index contributed by atoms with van der Waals surface area (Å²) >= 11 is 1.70. The minimum atomic E-state index is -0.616. The lowest BCUT2D eigenvalue weighted by Crippen LogP contribution is -2.48. The summed E-state index contributed by atoms with van der Waals surface area (Å²) in [4.78, 5) is 12.7. The topological polar surface area (TPSA) is 38.3 Å². The molecular formula is C15H22FNO2S. The standard InChI is InChI=1S/C15H22FNO2S/c1-15(17-2,14(18)19-3)10-4-5-11-20-13-8-6-12(16)7-9-13/h6-9,17H,4-5,10-11H2,1-3H3. The zero-order chi connectivity index (χ0) is 15.0. The molecular weight excluding hydrogens is 277 g/mol. The number of ether oxygens (including phenoxy) is 1. The van der Waals surface area contributed by atoms with E-state index in [1.165, 1.54) is 19.2 Å². The maximum Gasteiger partial charge on any atom is 0.325 e. The Bertz CT molecular complexity index is 424. The highest BCUT2D eigenvalue weighted by atomic mass is 32.2. The first-order valence-electron chi connectivity index (χ1n) is 6.67. The second kappa shape index (κ2) is 8.27. The number of methoxy groups -OCH3 is 1. The summed E-state index contributed by atoms with van der Waals surface area (Å²) in [5, 5.41) is 3.02. The van der Waals surface area contributed by atoms with Gasteiger partial charge in [0.2, 0.25) is 0 Å². The van der Waals surface area contributed by atoms with Crippen LogP contribution in [0.3, 0.4) is 0 Å². The number of thioether (sulfide) groups is 1. The van der Waals surface area contributed by atoms with Crippen LogP contribution in [0, 0.1) is 5.82 Å². The molecule has 0 bridgehead atoms. The molecule has 0 aliphatic rings. The molecule has 0 saturated heterocycles. The predicted octanol–water partition coefficient (Wildman–Crippen LogP) is 3.24. The lowest BCUT2D eigenvalue weighted by Gasteiger charge is -2.25. The van der Waals surface area contributed by atoms with Gasteiger partial charge >= 0.3 is 5.97 Å². The maximum absolute atomic E-state index is 12.7. The van der Waals surface area contributed by atoms with E-state index in [1.54, 1.807) is 30.9 Å². The third kappa shape index (κ3) is 5.13. The van der Waals surface area contributed by atoms with Crippen LogP contribution in [0.1, 0.15) is 26.2 Å². The molecule has 0 amide bonds. The molecule has 1 N–H and O–H groups in total. The number of hydrogen-bond donors (Lipinski definition) is 1. The summed E-state index contributed by atoms with van der Waals surface area (Å²) in [7, 11) is 3.17. The van der Waals surface area contributed by atoms with Crippen LogP contribution in [0.4, 0.5) is 4.39 Å². The molecule has 1 atom stereocenters. The number of carbonyl (C=O) groups excluding carboxylic acids is 1. The Morgan fingerprint density at radius 2 is 2.00 bits per heavy atom. The van der Waals surface area contributed by atoms with Crippen molar-refractivity contribution in [2.45, 2.75) is 36.6 Å². The van der Waals surface area contributed by atoms with Crippen molar-refractivity contribution in [1.82, 2.24) is 5.32 Å². The molecule has 0 radical (unpaired) electrons. The van der Waals surface area contributed by atoms with E-state index in [9.17, 15) is 9.18 Å². The van der Waals surface area contributed by atoms with Crippen molar-refractivity contribution in [2.24, 2.45) is 0 Å². The van der Waals surface area contributed by atoms with Gasteiger partial charge in [-0.25, -0.2) is 4.39 Å². The van der Waals surface area contributed by atoms with Crippen LogP contribution in [0.2, 0.25) is 0 Å². The van der Waals surface area contributed by atoms with Crippen molar-refractivity contribution in [3.05, 3.63) is 30.1 Å². The summed E-state index contributed by atoms with van der Waals surface area (Å²) in [5.74, 6) is 0.510. The van der Waals surface area contributed by atoms with Gasteiger partial charge in [0.15, 0.2) is 0 Å². The van der Waals surface area contributed by atoms with Crippen LogP contribution in [-0.4, -0.2) is 31.4 Å². The highest BCUT2D eigenvalue weighted by Crippen LogP contribution is 2.21. The average molecular weight is 299 g/mol. The molecule has 0 fully saturated rings. The van der Waals surface area contributed by atoms with E-state index in [1.807, 2.05) is 6.92 Å². The number of nitrogens with one attached hydrogen (secondary N) is 1. The van der Waals surface area contributed by atoms with Crippen LogP contribution < -0.4 is 5.32 Å². The number of benzene rings is 1. The van der Waals surface area contributed by atoms with Crippen molar-refractivity contribution in [3.8, 4) is 0 Å². The van der Waals surface area contributed by atoms with Crippen molar-refractivity contribution in [2.75, 3.05) is 19.9 Å². The molecule has 3 nitrogen and oxygen atoms in total. The Labute approximate surface area is 124 Å². The van der Waals surface area contributed by atoms with E-state index in [0.29, 0.717) is 0 Å². The number of rotatable bonds is 8. The fraction of sp³-hybridized carbons (Fsp3) is 0.533. The van der Waals surface area contributed by atoms with Gasteiger partial charge in [-0.3, -0.25) is 4.79 Å². The van der Waals surface area contributed by atoms with Crippen molar-refractivity contribution in [3.63, 3.8) is 0 Å². The largest absolute Gasteiger partial charge is 0.468 e. The van der Waals surface area contributed by atoms with E-state index < -0.39 is 5.54 Å². The maximum atomic E-state index is 12.7. The number of halogens is 1. The molecule has 0 aliphatic heterocycles. The summed E-state index contributed by atoms with van der Waals surface area (Å²) in [5.41, 5.74) is -0.616. The van der Waals surface area contributed by atoms with E-state index in [-0.39, 0.29) is 11.8 Å². The average Bonchev–Trinajstić information content (AvgIpc) is 2.47. The molecule has 112 valence electrons. The first-order valence-corrected chi connectivity index (χ1v) is 7.66. The minimum absolute atomic E-state index is 0.211. The molecule has 5 heteroatoms. The highest BCUT2D eigenvalue weighted by molar-refractivity contribution is 7.99. The highest BCUT2D eigenvalue weighted by Gasteiger charge is 2.31. The molecule has 0 aromatic heterocycles. The molecule has 1 aromatic carbocycles. The number of esters is 1.